The molecule has 1 fully saturated rings. The molecule has 5 nitrogen and oxygen atoms in total. The lowest BCUT2D eigenvalue weighted by molar-refractivity contribution is 0.323. The Morgan fingerprint density at radius 1 is 1.23 bits per heavy atom. The number of halogens is 2. The number of anilines is 2. The molecule has 2 unspecified atom stereocenters. The Kier molecular flexibility index (Phi) is 6.99. The van der Waals surface area contributed by atoms with E-state index in [0.717, 1.165) is 25.2 Å². The predicted octanol–water partition coefficient (Wildman–Crippen LogP) is 5.32. The zero-order valence-electron chi connectivity index (χ0n) is 16.2. The topological polar surface area (TPSA) is 57.3 Å². The maximum absolute atomic E-state index is 14.8. The number of benzene rings is 2. The lowest BCUT2D eigenvalue weighted by Crippen LogP contribution is -2.29. The van der Waals surface area contributed by atoms with Gasteiger partial charge in [0.05, 0.1) is 27.2 Å². The van der Waals surface area contributed by atoms with Gasteiger partial charge in [-0.25, -0.2) is 13.6 Å². The Morgan fingerprint density at radius 2 is 2.00 bits per heavy atom. The van der Waals surface area contributed by atoms with E-state index < -0.39 is 16.8 Å². The first-order valence-electron chi connectivity index (χ1n) is 9.69. The predicted molar refractivity (Wildman–Crippen MR) is 122 cm³/mol. The summed E-state index contributed by atoms with van der Waals surface area (Å²) in [6, 6.07) is 12.8. The van der Waals surface area contributed by atoms with Crippen molar-refractivity contribution in [2.45, 2.75) is 23.8 Å². The molecular weight excluding hydrogens is 443 g/mol. The summed E-state index contributed by atoms with van der Waals surface area (Å²) in [5, 5.41) is 5.43. The Balaban J connectivity index is 1.55. The van der Waals surface area contributed by atoms with Crippen LogP contribution in [0, 0.1) is 5.82 Å². The van der Waals surface area contributed by atoms with Gasteiger partial charge in [-0.2, -0.15) is 0 Å². The minimum atomic E-state index is -1.80. The molecule has 0 amide bonds. The van der Waals surface area contributed by atoms with Crippen LogP contribution in [0.2, 0.25) is 5.02 Å². The van der Waals surface area contributed by atoms with Gasteiger partial charge in [0, 0.05) is 11.9 Å². The van der Waals surface area contributed by atoms with E-state index in [1.165, 1.54) is 36.3 Å². The van der Waals surface area contributed by atoms with Crippen LogP contribution in [-0.2, 0) is 11.0 Å². The Morgan fingerprint density at radius 3 is 2.70 bits per heavy atom. The Labute approximate surface area is 186 Å². The highest BCUT2D eigenvalue weighted by Gasteiger charge is 2.21. The van der Waals surface area contributed by atoms with Crippen LogP contribution in [0.25, 0.3) is 0 Å². The summed E-state index contributed by atoms with van der Waals surface area (Å²) in [6.07, 6.45) is 2.40. The summed E-state index contributed by atoms with van der Waals surface area (Å²) < 4.78 is 30.0. The third kappa shape index (κ3) is 5.18. The highest BCUT2D eigenvalue weighted by Crippen LogP contribution is 2.31. The minimum Gasteiger partial charge on any atom is -0.376 e. The van der Waals surface area contributed by atoms with Crippen molar-refractivity contribution < 1.29 is 8.60 Å². The molecule has 3 aromatic rings. The van der Waals surface area contributed by atoms with E-state index in [2.05, 4.69) is 32.1 Å². The molecule has 158 valence electrons. The maximum atomic E-state index is 14.8. The monoisotopic (exact) mass is 464 g/mol. The molecule has 1 saturated heterocycles. The molecule has 30 heavy (non-hydrogen) atoms. The second-order valence-electron chi connectivity index (χ2n) is 7.12. The fourth-order valence-electron chi connectivity index (χ4n) is 3.52. The van der Waals surface area contributed by atoms with Crippen molar-refractivity contribution in [3.8, 4) is 0 Å². The lowest BCUT2D eigenvalue weighted by Gasteiger charge is -2.26. The van der Waals surface area contributed by atoms with Gasteiger partial charge in [0.1, 0.15) is 11.6 Å². The first-order valence-corrected chi connectivity index (χ1v) is 12.2. The average molecular weight is 465 g/mol. The molecular formula is C21H22ClFN4OS2. The summed E-state index contributed by atoms with van der Waals surface area (Å²) in [5.41, 5.74) is 3.20. The molecule has 2 heterocycles. The SMILES string of the molecule is O=S(Nc1cscn1)c1cc(Cl)c(NC(CN2CCCC2)c2ccccc2)cc1F. The first-order chi connectivity index (χ1) is 14.6. The Bertz CT molecular complexity index is 998. The molecule has 0 aliphatic carbocycles. The highest BCUT2D eigenvalue weighted by atomic mass is 35.5. The highest BCUT2D eigenvalue weighted by molar-refractivity contribution is 7.86. The summed E-state index contributed by atoms with van der Waals surface area (Å²) >= 11 is 7.82. The molecule has 2 atom stereocenters. The van der Waals surface area contributed by atoms with Crippen molar-refractivity contribution >= 4 is 45.4 Å². The number of nitrogens with one attached hydrogen (secondary N) is 2. The zero-order valence-corrected chi connectivity index (χ0v) is 18.6. The number of aromatic nitrogens is 1. The number of thiazole rings is 1. The number of hydrogen-bond acceptors (Lipinski definition) is 5. The van der Waals surface area contributed by atoms with Crippen LogP contribution in [-0.4, -0.2) is 33.7 Å². The van der Waals surface area contributed by atoms with Gasteiger partial charge in [0.2, 0.25) is 0 Å². The van der Waals surface area contributed by atoms with Crippen LogP contribution in [0.3, 0.4) is 0 Å². The van der Waals surface area contributed by atoms with E-state index in [0.29, 0.717) is 16.5 Å². The molecule has 0 bridgehead atoms. The van der Waals surface area contributed by atoms with Gasteiger partial charge in [0.25, 0.3) is 0 Å². The lowest BCUT2D eigenvalue weighted by atomic mass is 10.1. The fourth-order valence-corrected chi connectivity index (χ4v) is 5.24. The summed E-state index contributed by atoms with van der Waals surface area (Å²) in [7, 11) is -1.80. The van der Waals surface area contributed by atoms with Gasteiger partial charge in [-0.1, -0.05) is 41.9 Å². The molecule has 1 aliphatic rings. The third-order valence-electron chi connectivity index (χ3n) is 5.02. The van der Waals surface area contributed by atoms with Crippen molar-refractivity contribution in [3.05, 3.63) is 69.8 Å². The quantitative estimate of drug-likeness (QED) is 0.473. The van der Waals surface area contributed by atoms with Crippen molar-refractivity contribution in [2.24, 2.45) is 0 Å². The van der Waals surface area contributed by atoms with Gasteiger partial charge in [-0.15, -0.1) is 11.3 Å². The van der Waals surface area contributed by atoms with Gasteiger partial charge in [-0.3, -0.25) is 4.72 Å². The van der Waals surface area contributed by atoms with Crippen LogP contribution >= 0.6 is 22.9 Å². The van der Waals surface area contributed by atoms with Crippen molar-refractivity contribution in [3.63, 3.8) is 0 Å². The molecule has 0 saturated carbocycles. The van der Waals surface area contributed by atoms with E-state index in [4.69, 9.17) is 11.6 Å². The number of nitrogens with zero attached hydrogens (tertiary/aromatic N) is 2. The summed E-state index contributed by atoms with van der Waals surface area (Å²) in [4.78, 5) is 6.41. The van der Waals surface area contributed by atoms with Crippen LogP contribution in [0.15, 0.2) is 58.3 Å². The molecule has 9 heteroatoms. The first kappa shape index (κ1) is 21.2. The van der Waals surface area contributed by atoms with E-state index in [9.17, 15) is 8.60 Å². The minimum absolute atomic E-state index is 0.00523. The number of hydrogen-bond donors (Lipinski definition) is 2. The smallest absolute Gasteiger partial charge is 0.154 e. The standard InChI is InChI=1S/C21H22ClFN4OS2/c22-16-10-20(30(28)26-21-13-29-14-24-21)17(23)11-18(16)25-19(12-27-8-4-5-9-27)15-6-2-1-3-7-15/h1-3,6-7,10-11,13-14,19,25-26H,4-5,8-9,12H2. The number of rotatable bonds is 8. The molecule has 1 aliphatic heterocycles. The van der Waals surface area contributed by atoms with Crippen LogP contribution in [0.5, 0.6) is 0 Å². The van der Waals surface area contributed by atoms with E-state index >= 15 is 0 Å². The Hall–Kier alpha value is -2.00. The second kappa shape index (κ2) is 9.87. The van der Waals surface area contributed by atoms with Gasteiger partial charge < -0.3 is 10.2 Å². The van der Waals surface area contributed by atoms with Crippen molar-refractivity contribution in [1.82, 2.24) is 9.88 Å². The van der Waals surface area contributed by atoms with Gasteiger partial charge in [0.15, 0.2) is 11.0 Å². The van der Waals surface area contributed by atoms with E-state index in [-0.39, 0.29) is 10.9 Å². The molecule has 0 spiro atoms. The number of likely N-dealkylation sites (tertiary alicyclic amines) is 1. The largest absolute Gasteiger partial charge is 0.376 e. The summed E-state index contributed by atoms with van der Waals surface area (Å²) in [5.74, 6) is -0.151. The van der Waals surface area contributed by atoms with Crippen molar-refractivity contribution in [2.75, 3.05) is 29.7 Å². The molecule has 1 aromatic heterocycles. The molecule has 0 radical (unpaired) electrons. The normalized spacial score (nSPS) is 16.3. The van der Waals surface area contributed by atoms with E-state index in [1.54, 1.807) is 10.9 Å². The fraction of sp³-hybridized carbons (Fsp3) is 0.286. The molecule has 4 rings (SSSR count). The second-order valence-corrected chi connectivity index (χ2v) is 9.43. The molecule has 2 N–H and O–H groups in total. The van der Waals surface area contributed by atoms with Gasteiger partial charge in [-0.05, 0) is 43.6 Å². The zero-order chi connectivity index (χ0) is 20.9. The molecule has 2 aromatic carbocycles. The van der Waals surface area contributed by atoms with Crippen LogP contribution in [0.1, 0.15) is 24.4 Å². The average Bonchev–Trinajstić information content (AvgIpc) is 3.45. The summed E-state index contributed by atoms with van der Waals surface area (Å²) in [6.45, 7) is 2.93. The van der Waals surface area contributed by atoms with E-state index in [1.807, 2.05) is 18.2 Å². The van der Waals surface area contributed by atoms with Crippen LogP contribution < -0.4 is 10.0 Å². The maximum Gasteiger partial charge on any atom is 0.154 e. The van der Waals surface area contributed by atoms with Crippen molar-refractivity contribution in [1.29, 1.82) is 0 Å². The third-order valence-corrected chi connectivity index (χ3v) is 7.03. The van der Waals surface area contributed by atoms with Gasteiger partial charge >= 0.3 is 0 Å². The van der Waals surface area contributed by atoms with Crippen LogP contribution in [0.4, 0.5) is 15.9 Å².